The highest BCUT2D eigenvalue weighted by Gasteiger charge is 2.19. The van der Waals surface area contributed by atoms with Crippen LogP contribution in [0.4, 0.5) is 4.39 Å². The van der Waals surface area contributed by atoms with Gasteiger partial charge in [-0.25, -0.2) is 9.07 Å². The summed E-state index contributed by atoms with van der Waals surface area (Å²) in [5.41, 5.74) is 1.98. The van der Waals surface area contributed by atoms with Crippen molar-refractivity contribution < 1.29 is 9.18 Å². The van der Waals surface area contributed by atoms with Crippen LogP contribution in [0.3, 0.4) is 0 Å². The van der Waals surface area contributed by atoms with Crippen molar-refractivity contribution in [2.45, 2.75) is 6.54 Å². The van der Waals surface area contributed by atoms with Crippen molar-refractivity contribution in [3.63, 3.8) is 0 Å². The number of carbonyl (C=O) groups excluding carboxylic acids is 1. The highest BCUT2D eigenvalue weighted by molar-refractivity contribution is 5.97. The first-order chi connectivity index (χ1) is 13.2. The molecular formula is C20H16FN5O. The molecule has 0 saturated carbocycles. The summed E-state index contributed by atoms with van der Waals surface area (Å²) in [6, 6.07) is 13.4. The molecule has 4 rings (SSSR count). The summed E-state index contributed by atoms with van der Waals surface area (Å²) in [7, 11) is 0. The molecule has 0 saturated heterocycles. The normalized spacial score (nSPS) is 10.7. The third-order valence-electron chi connectivity index (χ3n) is 4.08. The lowest BCUT2D eigenvalue weighted by atomic mass is 10.2. The molecule has 27 heavy (non-hydrogen) atoms. The maximum atomic E-state index is 13.3. The van der Waals surface area contributed by atoms with Crippen molar-refractivity contribution in [3.05, 3.63) is 96.5 Å². The van der Waals surface area contributed by atoms with Gasteiger partial charge >= 0.3 is 0 Å². The second-order valence-corrected chi connectivity index (χ2v) is 5.90. The van der Waals surface area contributed by atoms with E-state index < -0.39 is 0 Å². The lowest BCUT2D eigenvalue weighted by molar-refractivity contribution is 0.0951. The van der Waals surface area contributed by atoms with Crippen molar-refractivity contribution >= 4 is 5.91 Å². The van der Waals surface area contributed by atoms with Crippen LogP contribution in [0, 0.1) is 5.82 Å². The van der Waals surface area contributed by atoms with Crippen LogP contribution in [0.25, 0.3) is 11.5 Å². The first-order valence-corrected chi connectivity index (χ1v) is 8.37. The molecule has 0 bridgehead atoms. The number of nitrogens with zero attached hydrogens (tertiary/aromatic N) is 4. The zero-order valence-electron chi connectivity index (χ0n) is 14.3. The van der Waals surface area contributed by atoms with Gasteiger partial charge in [0, 0.05) is 31.3 Å². The predicted octanol–water partition coefficient (Wildman–Crippen LogP) is 3.13. The molecule has 3 aromatic heterocycles. The molecule has 134 valence electrons. The zero-order valence-corrected chi connectivity index (χ0v) is 14.3. The lowest BCUT2D eigenvalue weighted by Crippen LogP contribution is -2.24. The van der Waals surface area contributed by atoms with E-state index in [9.17, 15) is 9.18 Å². The molecule has 1 aromatic carbocycles. The van der Waals surface area contributed by atoms with E-state index in [0.717, 1.165) is 5.56 Å². The number of halogens is 1. The topological polar surface area (TPSA) is 64.7 Å². The number of carbonyl (C=O) groups is 1. The molecule has 0 aliphatic heterocycles. The maximum absolute atomic E-state index is 13.3. The molecule has 1 amide bonds. The van der Waals surface area contributed by atoms with Crippen LogP contribution >= 0.6 is 0 Å². The average Bonchev–Trinajstić information content (AvgIpc) is 3.37. The zero-order chi connectivity index (χ0) is 18.6. The van der Waals surface area contributed by atoms with Gasteiger partial charge in [0.05, 0.1) is 11.9 Å². The van der Waals surface area contributed by atoms with Crippen molar-refractivity contribution in [1.82, 2.24) is 24.6 Å². The molecule has 0 aliphatic rings. The van der Waals surface area contributed by atoms with Crippen molar-refractivity contribution in [1.29, 1.82) is 0 Å². The predicted molar refractivity (Wildman–Crippen MR) is 98.3 cm³/mol. The molecule has 0 radical (unpaired) electrons. The summed E-state index contributed by atoms with van der Waals surface area (Å²) in [5, 5.41) is 7.23. The number of amides is 1. The Balaban J connectivity index is 1.68. The van der Waals surface area contributed by atoms with Gasteiger partial charge in [-0.15, -0.1) is 0 Å². The molecule has 7 heteroatoms. The van der Waals surface area contributed by atoms with Gasteiger partial charge in [0.2, 0.25) is 0 Å². The van der Waals surface area contributed by atoms with Gasteiger partial charge in [0.1, 0.15) is 11.4 Å². The van der Waals surface area contributed by atoms with E-state index in [2.05, 4.69) is 15.4 Å². The van der Waals surface area contributed by atoms with E-state index in [4.69, 9.17) is 0 Å². The third kappa shape index (κ3) is 3.48. The van der Waals surface area contributed by atoms with E-state index in [1.165, 1.54) is 18.3 Å². The SMILES string of the molecule is O=C(NCc1cccnc1)c1cnn(-c2ccc(F)cc2)c1-n1cccc1. The van der Waals surface area contributed by atoms with E-state index in [0.29, 0.717) is 23.6 Å². The molecule has 0 atom stereocenters. The number of rotatable bonds is 5. The van der Waals surface area contributed by atoms with Crippen LogP contribution in [0.5, 0.6) is 0 Å². The Labute approximate surface area is 154 Å². The molecule has 4 aromatic rings. The molecule has 0 aliphatic carbocycles. The summed E-state index contributed by atoms with van der Waals surface area (Å²) in [5.74, 6) is -0.00549. The first-order valence-electron chi connectivity index (χ1n) is 8.37. The standard InChI is InChI=1S/C20H16FN5O/c21-16-5-7-17(8-6-16)26-20(25-10-1-2-11-25)18(14-24-26)19(27)23-13-15-4-3-9-22-12-15/h1-12,14H,13H2,(H,23,27). The quantitative estimate of drug-likeness (QED) is 0.594. The van der Waals surface area contributed by atoms with Crippen molar-refractivity contribution in [3.8, 4) is 11.5 Å². The van der Waals surface area contributed by atoms with Crippen LogP contribution < -0.4 is 5.32 Å². The van der Waals surface area contributed by atoms with Crippen molar-refractivity contribution in [2.24, 2.45) is 0 Å². The van der Waals surface area contributed by atoms with Gasteiger partial charge in [-0.2, -0.15) is 5.10 Å². The second-order valence-electron chi connectivity index (χ2n) is 5.90. The number of pyridine rings is 1. The van der Waals surface area contributed by atoms with Gasteiger partial charge in [-0.1, -0.05) is 6.07 Å². The lowest BCUT2D eigenvalue weighted by Gasteiger charge is -2.11. The molecule has 1 N–H and O–H groups in total. The van der Waals surface area contributed by atoms with Crippen LogP contribution in [-0.2, 0) is 6.54 Å². The van der Waals surface area contributed by atoms with E-state index >= 15 is 0 Å². The summed E-state index contributed by atoms with van der Waals surface area (Å²) in [6.07, 6.45) is 8.55. The Kier molecular flexibility index (Phi) is 4.49. The smallest absolute Gasteiger partial charge is 0.256 e. The minimum atomic E-state index is -0.331. The fraction of sp³-hybridized carbons (Fsp3) is 0.0500. The van der Waals surface area contributed by atoms with E-state index in [1.807, 2.05) is 36.7 Å². The van der Waals surface area contributed by atoms with Crippen LogP contribution in [0.1, 0.15) is 15.9 Å². The Morgan fingerprint density at radius 2 is 1.81 bits per heavy atom. The van der Waals surface area contributed by atoms with Gasteiger partial charge in [-0.3, -0.25) is 9.78 Å². The Bertz CT molecular complexity index is 1040. The monoisotopic (exact) mass is 361 g/mol. The van der Waals surface area contributed by atoms with Gasteiger partial charge in [0.25, 0.3) is 5.91 Å². The highest BCUT2D eigenvalue weighted by Crippen LogP contribution is 2.20. The van der Waals surface area contributed by atoms with Gasteiger partial charge in [-0.05, 0) is 48.0 Å². The Morgan fingerprint density at radius 1 is 1.04 bits per heavy atom. The molecular weight excluding hydrogens is 345 g/mol. The number of aromatic nitrogens is 4. The van der Waals surface area contributed by atoms with E-state index in [-0.39, 0.29) is 11.7 Å². The Hall–Kier alpha value is -3.74. The molecule has 3 heterocycles. The number of hydrogen-bond acceptors (Lipinski definition) is 3. The number of nitrogens with one attached hydrogen (secondary N) is 1. The largest absolute Gasteiger partial charge is 0.348 e. The summed E-state index contributed by atoms with van der Waals surface area (Å²) in [4.78, 5) is 16.8. The summed E-state index contributed by atoms with van der Waals surface area (Å²) in [6.45, 7) is 0.361. The molecule has 0 unspecified atom stereocenters. The summed E-state index contributed by atoms with van der Waals surface area (Å²) >= 11 is 0. The highest BCUT2D eigenvalue weighted by atomic mass is 19.1. The number of benzene rings is 1. The maximum Gasteiger partial charge on any atom is 0.256 e. The second kappa shape index (κ2) is 7.25. The fourth-order valence-electron chi connectivity index (χ4n) is 2.78. The first kappa shape index (κ1) is 16.7. The fourth-order valence-corrected chi connectivity index (χ4v) is 2.78. The van der Waals surface area contributed by atoms with Crippen LogP contribution in [0.15, 0.2) is 79.5 Å². The summed E-state index contributed by atoms with van der Waals surface area (Å²) < 4.78 is 16.7. The Morgan fingerprint density at radius 3 is 2.52 bits per heavy atom. The molecule has 0 spiro atoms. The third-order valence-corrected chi connectivity index (χ3v) is 4.08. The molecule has 0 fully saturated rings. The average molecular weight is 361 g/mol. The van der Waals surface area contributed by atoms with E-state index in [1.54, 1.807) is 33.8 Å². The molecule has 6 nitrogen and oxygen atoms in total. The van der Waals surface area contributed by atoms with Crippen molar-refractivity contribution in [2.75, 3.05) is 0 Å². The number of hydrogen-bond donors (Lipinski definition) is 1. The van der Waals surface area contributed by atoms with Gasteiger partial charge in [0.15, 0.2) is 5.82 Å². The van der Waals surface area contributed by atoms with Crippen LogP contribution in [0.2, 0.25) is 0 Å². The minimum Gasteiger partial charge on any atom is -0.348 e. The van der Waals surface area contributed by atoms with Crippen LogP contribution in [-0.4, -0.2) is 25.2 Å². The minimum absolute atomic E-state index is 0.254. The van der Waals surface area contributed by atoms with Gasteiger partial charge < -0.3 is 9.88 Å².